The Balaban J connectivity index is 2.21. The quantitative estimate of drug-likeness (QED) is 0.633. The highest BCUT2D eigenvalue weighted by molar-refractivity contribution is 4.79. The van der Waals surface area contributed by atoms with Crippen LogP contribution in [0.4, 0.5) is 0 Å². The van der Waals surface area contributed by atoms with E-state index in [-0.39, 0.29) is 6.29 Å². The Labute approximate surface area is 86.5 Å². The van der Waals surface area contributed by atoms with Gasteiger partial charge >= 0.3 is 0 Å². The summed E-state index contributed by atoms with van der Waals surface area (Å²) in [4.78, 5) is 0. The summed E-state index contributed by atoms with van der Waals surface area (Å²) in [5.74, 6) is 0. The van der Waals surface area contributed by atoms with Crippen molar-refractivity contribution in [3.8, 4) is 0 Å². The van der Waals surface area contributed by atoms with Crippen LogP contribution in [0.3, 0.4) is 0 Å². The van der Waals surface area contributed by atoms with Crippen LogP contribution in [0.25, 0.3) is 0 Å². The van der Waals surface area contributed by atoms with Gasteiger partial charge in [0.25, 0.3) is 0 Å². The summed E-state index contributed by atoms with van der Waals surface area (Å²) in [6.45, 7) is 8.45. The predicted octanol–water partition coefficient (Wildman–Crippen LogP) is 1.69. The number of hydrogen-bond donors (Lipinski definition) is 1. The van der Waals surface area contributed by atoms with Gasteiger partial charge in [0.1, 0.15) is 0 Å². The molecule has 0 aliphatic carbocycles. The highest BCUT2D eigenvalue weighted by Crippen LogP contribution is 2.12. The van der Waals surface area contributed by atoms with Crippen molar-refractivity contribution in [3.63, 3.8) is 0 Å². The lowest BCUT2D eigenvalue weighted by Crippen LogP contribution is -2.33. The monoisotopic (exact) mass is 199 g/mol. The number of hydrogen-bond acceptors (Lipinski definition) is 3. The maximum atomic E-state index is 5.41. The Hall–Kier alpha value is -0.380. The van der Waals surface area contributed by atoms with Crippen molar-refractivity contribution in [2.75, 3.05) is 19.8 Å². The summed E-state index contributed by atoms with van der Waals surface area (Å²) in [5.41, 5.74) is 0. The topological polar surface area (TPSA) is 30.5 Å². The van der Waals surface area contributed by atoms with Crippen LogP contribution in [0, 0.1) is 0 Å². The molecule has 14 heavy (non-hydrogen) atoms. The fraction of sp³-hybridized carbons (Fsp3) is 0.818. The molecule has 0 saturated carbocycles. The van der Waals surface area contributed by atoms with Crippen LogP contribution >= 0.6 is 0 Å². The van der Waals surface area contributed by atoms with E-state index in [9.17, 15) is 0 Å². The standard InChI is InChI=1S/C11H21NO2/c1-3-5-10(12-6-4-2)9-11-13-7-8-14-11/h3,10-12H,1,4-9H2,2H3. The molecule has 1 N–H and O–H groups in total. The Morgan fingerprint density at radius 1 is 1.50 bits per heavy atom. The number of rotatable bonds is 7. The minimum atomic E-state index is -0.00990. The predicted molar refractivity (Wildman–Crippen MR) is 57.2 cm³/mol. The Bertz CT molecular complexity index is 155. The van der Waals surface area contributed by atoms with Gasteiger partial charge in [-0.2, -0.15) is 0 Å². The van der Waals surface area contributed by atoms with Gasteiger partial charge in [-0.25, -0.2) is 0 Å². The van der Waals surface area contributed by atoms with E-state index in [0.29, 0.717) is 6.04 Å². The lowest BCUT2D eigenvalue weighted by molar-refractivity contribution is -0.0524. The zero-order chi connectivity index (χ0) is 10.2. The number of nitrogens with one attached hydrogen (secondary N) is 1. The van der Waals surface area contributed by atoms with Crippen molar-refractivity contribution in [1.29, 1.82) is 0 Å². The molecule has 1 aliphatic heterocycles. The highest BCUT2D eigenvalue weighted by atomic mass is 16.7. The molecule has 0 aromatic rings. The van der Waals surface area contributed by atoms with Gasteiger partial charge in [0, 0.05) is 12.5 Å². The molecule has 0 radical (unpaired) electrons. The molecule has 0 aromatic carbocycles. The van der Waals surface area contributed by atoms with E-state index in [1.54, 1.807) is 0 Å². The molecular weight excluding hydrogens is 178 g/mol. The summed E-state index contributed by atoms with van der Waals surface area (Å²) < 4.78 is 10.8. The van der Waals surface area contributed by atoms with Crippen LogP contribution in [0.5, 0.6) is 0 Å². The van der Waals surface area contributed by atoms with Crippen molar-refractivity contribution >= 4 is 0 Å². The number of ether oxygens (including phenoxy) is 2. The Kier molecular flexibility index (Phi) is 5.83. The van der Waals surface area contributed by atoms with Crippen LogP contribution in [0.2, 0.25) is 0 Å². The first-order valence-electron chi connectivity index (χ1n) is 5.44. The van der Waals surface area contributed by atoms with E-state index in [4.69, 9.17) is 9.47 Å². The van der Waals surface area contributed by atoms with E-state index >= 15 is 0 Å². The van der Waals surface area contributed by atoms with Gasteiger partial charge in [-0.1, -0.05) is 13.0 Å². The molecule has 1 unspecified atom stereocenters. The average molecular weight is 199 g/mol. The first kappa shape index (κ1) is 11.7. The molecule has 1 saturated heterocycles. The summed E-state index contributed by atoms with van der Waals surface area (Å²) >= 11 is 0. The SMILES string of the molecule is C=CCC(CC1OCCO1)NCCC. The Morgan fingerprint density at radius 2 is 2.21 bits per heavy atom. The molecule has 1 aliphatic rings. The molecule has 82 valence electrons. The second-order valence-electron chi connectivity index (χ2n) is 3.58. The van der Waals surface area contributed by atoms with Gasteiger partial charge in [-0.05, 0) is 19.4 Å². The maximum absolute atomic E-state index is 5.41. The minimum Gasteiger partial charge on any atom is -0.350 e. The molecule has 1 rings (SSSR count). The van der Waals surface area contributed by atoms with Crippen LogP contribution < -0.4 is 5.32 Å². The molecule has 1 fully saturated rings. The Morgan fingerprint density at radius 3 is 2.79 bits per heavy atom. The fourth-order valence-corrected chi connectivity index (χ4v) is 1.59. The maximum Gasteiger partial charge on any atom is 0.159 e. The first-order valence-corrected chi connectivity index (χ1v) is 5.44. The highest BCUT2D eigenvalue weighted by Gasteiger charge is 2.20. The van der Waals surface area contributed by atoms with Crippen LogP contribution in [-0.4, -0.2) is 32.1 Å². The normalized spacial score (nSPS) is 19.8. The zero-order valence-electron chi connectivity index (χ0n) is 9.00. The summed E-state index contributed by atoms with van der Waals surface area (Å²) in [6, 6.07) is 0.440. The van der Waals surface area contributed by atoms with Gasteiger partial charge in [0.15, 0.2) is 6.29 Å². The third-order valence-corrected chi connectivity index (χ3v) is 2.30. The minimum absolute atomic E-state index is 0.00990. The van der Waals surface area contributed by atoms with Gasteiger partial charge < -0.3 is 14.8 Å². The van der Waals surface area contributed by atoms with Crippen LogP contribution in [-0.2, 0) is 9.47 Å². The lowest BCUT2D eigenvalue weighted by atomic mass is 10.1. The van der Waals surface area contributed by atoms with Crippen molar-refractivity contribution in [2.24, 2.45) is 0 Å². The van der Waals surface area contributed by atoms with E-state index in [1.807, 2.05) is 6.08 Å². The van der Waals surface area contributed by atoms with E-state index in [0.717, 1.165) is 39.0 Å². The molecule has 1 heterocycles. The van der Waals surface area contributed by atoms with Crippen molar-refractivity contribution < 1.29 is 9.47 Å². The summed E-state index contributed by atoms with van der Waals surface area (Å²) in [6.07, 6.45) is 4.99. The molecule has 0 bridgehead atoms. The van der Waals surface area contributed by atoms with Crippen molar-refractivity contribution in [3.05, 3.63) is 12.7 Å². The summed E-state index contributed by atoms with van der Waals surface area (Å²) in [7, 11) is 0. The molecule has 0 spiro atoms. The van der Waals surface area contributed by atoms with Gasteiger partial charge in [-0.15, -0.1) is 6.58 Å². The average Bonchev–Trinajstić information content (AvgIpc) is 2.67. The van der Waals surface area contributed by atoms with Crippen molar-refractivity contribution in [2.45, 2.75) is 38.5 Å². The molecule has 0 aromatic heterocycles. The lowest BCUT2D eigenvalue weighted by Gasteiger charge is -2.19. The second kappa shape index (κ2) is 6.98. The molecule has 1 atom stereocenters. The van der Waals surface area contributed by atoms with E-state index in [1.165, 1.54) is 0 Å². The van der Waals surface area contributed by atoms with Crippen LogP contribution in [0.1, 0.15) is 26.2 Å². The zero-order valence-corrected chi connectivity index (χ0v) is 9.00. The third kappa shape index (κ3) is 4.22. The smallest absolute Gasteiger partial charge is 0.159 e. The first-order chi connectivity index (χ1) is 6.86. The van der Waals surface area contributed by atoms with Gasteiger partial charge in [0.2, 0.25) is 0 Å². The van der Waals surface area contributed by atoms with Gasteiger partial charge in [0.05, 0.1) is 13.2 Å². The van der Waals surface area contributed by atoms with Gasteiger partial charge in [-0.3, -0.25) is 0 Å². The van der Waals surface area contributed by atoms with E-state index in [2.05, 4.69) is 18.8 Å². The second-order valence-corrected chi connectivity index (χ2v) is 3.58. The molecule has 3 nitrogen and oxygen atoms in total. The summed E-state index contributed by atoms with van der Waals surface area (Å²) in [5, 5.41) is 3.47. The van der Waals surface area contributed by atoms with Crippen LogP contribution in [0.15, 0.2) is 12.7 Å². The largest absolute Gasteiger partial charge is 0.350 e. The molecule has 0 amide bonds. The molecular formula is C11H21NO2. The third-order valence-electron chi connectivity index (χ3n) is 2.30. The molecule has 3 heteroatoms. The fourth-order valence-electron chi connectivity index (χ4n) is 1.59. The van der Waals surface area contributed by atoms with E-state index < -0.39 is 0 Å². The van der Waals surface area contributed by atoms with Crippen molar-refractivity contribution in [1.82, 2.24) is 5.32 Å².